The van der Waals surface area contributed by atoms with Crippen LogP contribution in [0.3, 0.4) is 0 Å². The number of unbranched alkanes of at least 4 members (excludes halogenated alkanes) is 1. The molecule has 0 heterocycles. The van der Waals surface area contributed by atoms with E-state index in [0.717, 1.165) is 6.42 Å². The van der Waals surface area contributed by atoms with Crippen LogP contribution in [0.2, 0.25) is 0 Å². The fourth-order valence-corrected chi connectivity index (χ4v) is 1.78. The summed E-state index contributed by atoms with van der Waals surface area (Å²) in [7, 11) is 0. The van der Waals surface area contributed by atoms with Crippen molar-refractivity contribution in [3.63, 3.8) is 0 Å². The summed E-state index contributed by atoms with van der Waals surface area (Å²) in [5, 5.41) is 18.0. The third-order valence-electron chi connectivity index (χ3n) is 3.00. The minimum Gasteiger partial charge on any atom is -0.481 e. The second kappa shape index (κ2) is 8.50. The summed E-state index contributed by atoms with van der Waals surface area (Å²) < 4.78 is 0. The van der Waals surface area contributed by atoms with Gasteiger partial charge in [-0.3, -0.25) is 9.59 Å². The second-order valence-electron chi connectivity index (χ2n) is 4.65. The van der Waals surface area contributed by atoms with Gasteiger partial charge in [0.15, 0.2) is 0 Å². The lowest BCUT2D eigenvalue weighted by Crippen LogP contribution is -2.47. The summed E-state index contributed by atoms with van der Waals surface area (Å²) in [4.78, 5) is 35.3. The third-order valence-corrected chi connectivity index (χ3v) is 3.00. The Morgan fingerprint density at radius 1 is 1.11 bits per heavy atom. The van der Waals surface area contributed by atoms with E-state index in [1.165, 1.54) is 11.8 Å². The van der Waals surface area contributed by atoms with Gasteiger partial charge in [0.25, 0.3) is 0 Å². The molecule has 2 atom stereocenters. The minimum absolute atomic E-state index is 0.0668. The molecule has 19 heavy (non-hydrogen) atoms. The first-order valence-electron chi connectivity index (χ1n) is 6.60. The van der Waals surface area contributed by atoms with E-state index in [1.807, 2.05) is 6.92 Å². The van der Waals surface area contributed by atoms with E-state index in [0.29, 0.717) is 6.42 Å². The zero-order valence-corrected chi connectivity index (χ0v) is 11.8. The Balaban J connectivity index is 4.95. The van der Waals surface area contributed by atoms with Crippen molar-refractivity contribution >= 4 is 17.8 Å². The topological polar surface area (TPSA) is 94.9 Å². The molecule has 6 nitrogen and oxygen atoms in total. The van der Waals surface area contributed by atoms with Crippen molar-refractivity contribution in [3.8, 4) is 0 Å². The number of aliphatic carboxylic acids is 2. The van der Waals surface area contributed by atoms with E-state index in [9.17, 15) is 14.4 Å². The van der Waals surface area contributed by atoms with Gasteiger partial charge in [0, 0.05) is 13.0 Å². The molecule has 0 aromatic rings. The molecule has 0 rings (SSSR count). The molecule has 0 saturated heterocycles. The molecule has 0 aromatic heterocycles. The highest BCUT2D eigenvalue weighted by Crippen LogP contribution is 2.12. The molecule has 2 unspecified atom stereocenters. The highest BCUT2D eigenvalue weighted by molar-refractivity contribution is 5.84. The van der Waals surface area contributed by atoms with E-state index in [-0.39, 0.29) is 25.3 Å². The summed E-state index contributed by atoms with van der Waals surface area (Å²) in [6.45, 7) is 5.01. The van der Waals surface area contributed by atoms with Gasteiger partial charge in [0.2, 0.25) is 5.91 Å². The summed E-state index contributed by atoms with van der Waals surface area (Å²) in [5.74, 6) is -3.19. The largest absolute Gasteiger partial charge is 0.481 e. The lowest BCUT2D eigenvalue weighted by Gasteiger charge is -2.29. The van der Waals surface area contributed by atoms with Gasteiger partial charge in [0.05, 0.1) is 5.92 Å². The van der Waals surface area contributed by atoms with Crippen LogP contribution in [0.15, 0.2) is 0 Å². The Bertz CT molecular complexity index is 329. The summed E-state index contributed by atoms with van der Waals surface area (Å²) in [6.07, 6.45) is 2.02. The molecule has 0 bridgehead atoms. The van der Waals surface area contributed by atoms with Crippen molar-refractivity contribution in [2.24, 2.45) is 5.92 Å². The minimum atomic E-state index is -1.09. The first-order chi connectivity index (χ1) is 8.84. The Hall–Kier alpha value is -1.59. The maximum absolute atomic E-state index is 12.0. The maximum Gasteiger partial charge on any atom is 0.326 e. The lowest BCUT2D eigenvalue weighted by atomic mass is 10.1. The van der Waals surface area contributed by atoms with Crippen molar-refractivity contribution in [1.82, 2.24) is 4.90 Å². The van der Waals surface area contributed by atoms with Crippen LogP contribution >= 0.6 is 0 Å². The van der Waals surface area contributed by atoms with Gasteiger partial charge in [-0.1, -0.05) is 27.2 Å². The van der Waals surface area contributed by atoms with Gasteiger partial charge in [-0.2, -0.15) is 0 Å². The Morgan fingerprint density at radius 2 is 1.68 bits per heavy atom. The second-order valence-corrected chi connectivity index (χ2v) is 4.65. The van der Waals surface area contributed by atoms with Crippen LogP contribution in [0.5, 0.6) is 0 Å². The van der Waals surface area contributed by atoms with E-state index >= 15 is 0 Å². The predicted octanol–water partition coefficient (Wildman–Crippen LogP) is 1.59. The predicted molar refractivity (Wildman–Crippen MR) is 69.8 cm³/mol. The molecule has 1 amide bonds. The number of carboxylic acids is 2. The maximum atomic E-state index is 12.0. The van der Waals surface area contributed by atoms with Gasteiger partial charge in [-0.25, -0.2) is 4.79 Å². The van der Waals surface area contributed by atoms with Crippen LogP contribution in [0.25, 0.3) is 0 Å². The van der Waals surface area contributed by atoms with Gasteiger partial charge < -0.3 is 15.1 Å². The molecule has 6 heteroatoms. The molecule has 0 fully saturated rings. The van der Waals surface area contributed by atoms with Crippen LogP contribution in [0.1, 0.15) is 46.5 Å². The van der Waals surface area contributed by atoms with Crippen LogP contribution < -0.4 is 0 Å². The number of amides is 1. The van der Waals surface area contributed by atoms with Crippen LogP contribution in [-0.2, 0) is 14.4 Å². The molecule has 0 aliphatic heterocycles. The fraction of sp³-hybridized carbons (Fsp3) is 0.769. The molecule has 2 N–H and O–H groups in total. The van der Waals surface area contributed by atoms with Gasteiger partial charge in [0.1, 0.15) is 6.04 Å². The number of hydrogen-bond acceptors (Lipinski definition) is 3. The van der Waals surface area contributed by atoms with Crippen LogP contribution in [0.4, 0.5) is 0 Å². The molecule has 0 radical (unpaired) electrons. The molecular formula is C13H23NO5. The van der Waals surface area contributed by atoms with E-state index in [2.05, 4.69) is 0 Å². The van der Waals surface area contributed by atoms with Gasteiger partial charge in [-0.05, 0) is 12.8 Å². The molecule has 110 valence electrons. The number of hydrogen-bond donors (Lipinski definition) is 2. The summed E-state index contributed by atoms with van der Waals surface area (Å²) >= 11 is 0. The summed E-state index contributed by atoms with van der Waals surface area (Å²) in [5.41, 5.74) is 0. The monoisotopic (exact) mass is 273 g/mol. The van der Waals surface area contributed by atoms with Gasteiger partial charge in [-0.15, -0.1) is 0 Å². The van der Waals surface area contributed by atoms with E-state index in [1.54, 1.807) is 6.92 Å². The Morgan fingerprint density at radius 3 is 2.05 bits per heavy atom. The SMILES string of the molecule is CCCCC(=O)N(CC(C)C(=O)O)C(CC)C(=O)O. The Labute approximate surface area is 113 Å². The number of carbonyl (C=O) groups excluding carboxylic acids is 1. The number of carbonyl (C=O) groups is 3. The van der Waals surface area contributed by atoms with E-state index in [4.69, 9.17) is 10.2 Å². The Kier molecular flexibility index (Phi) is 7.79. The number of rotatable bonds is 9. The molecule has 0 aliphatic carbocycles. The number of nitrogens with zero attached hydrogens (tertiary/aromatic N) is 1. The molecule has 0 aliphatic rings. The average Bonchev–Trinajstić information content (AvgIpc) is 2.34. The average molecular weight is 273 g/mol. The van der Waals surface area contributed by atoms with Crippen molar-refractivity contribution in [2.75, 3.05) is 6.54 Å². The first kappa shape index (κ1) is 17.4. The highest BCUT2D eigenvalue weighted by atomic mass is 16.4. The molecular weight excluding hydrogens is 250 g/mol. The molecule has 0 spiro atoms. The fourth-order valence-electron chi connectivity index (χ4n) is 1.78. The van der Waals surface area contributed by atoms with Crippen molar-refractivity contribution in [1.29, 1.82) is 0 Å². The van der Waals surface area contributed by atoms with Gasteiger partial charge >= 0.3 is 11.9 Å². The summed E-state index contributed by atoms with van der Waals surface area (Å²) in [6, 6.07) is -0.953. The first-order valence-corrected chi connectivity index (χ1v) is 6.60. The zero-order valence-electron chi connectivity index (χ0n) is 11.8. The van der Waals surface area contributed by atoms with Crippen LogP contribution in [0, 0.1) is 5.92 Å². The van der Waals surface area contributed by atoms with Crippen LogP contribution in [-0.4, -0.2) is 45.5 Å². The van der Waals surface area contributed by atoms with Crippen molar-refractivity contribution in [2.45, 2.75) is 52.5 Å². The highest BCUT2D eigenvalue weighted by Gasteiger charge is 2.30. The molecule has 0 aromatic carbocycles. The zero-order chi connectivity index (χ0) is 15.0. The normalized spacial score (nSPS) is 13.6. The van der Waals surface area contributed by atoms with E-state index < -0.39 is 23.9 Å². The number of carboxylic acid groups (broad SMARTS) is 2. The van der Waals surface area contributed by atoms with Crippen molar-refractivity contribution < 1.29 is 24.6 Å². The smallest absolute Gasteiger partial charge is 0.326 e. The third kappa shape index (κ3) is 5.72. The quantitative estimate of drug-likeness (QED) is 0.665. The lowest BCUT2D eigenvalue weighted by molar-refractivity contribution is -0.153. The molecule has 0 saturated carbocycles. The van der Waals surface area contributed by atoms with Crippen molar-refractivity contribution in [3.05, 3.63) is 0 Å². The standard InChI is InChI=1S/C13H23NO5/c1-4-6-7-11(15)14(8-9(3)12(16)17)10(5-2)13(18)19/h9-10H,4-8H2,1-3H3,(H,16,17)(H,18,19).